The lowest BCUT2D eigenvalue weighted by Crippen LogP contribution is -2.28. The van der Waals surface area contributed by atoms with Crippen LogP contribution in [0.3, 0.4) is 0 Å². The smallest absolute Gasteiger partial charge is 0.254 e. The van der Waals surface area contributed by atoms with E-state index >= 15 is 0 Å². The Labute approximate surface area is 165 Å². The molecular formula is C20H17FN6O2. The van der Waals surface area contributed by atoms with E-state index < -0.39 is 11.9 Å². The molecule has 1 amide bonds. The summed E-state index contributed by atoms with van der Waals surface area (Å²) in [5, 5.41) is 16.3. The van der Waals surface area contributed by atoms with Gasteiger partial charge >= 0.3 is 0 Å². The van der Waals surface area contributed by atoms with Crippen molar-refractivity contribution in [2.75, 3.05) is 12.8 Å². The molecule has 1 aliphatic heterocycles. The summed E-state index contributed by atoms with van der Waals surface area (Å²) < 4.78 is 19.9. The fourth-order valence-electron chi connectivity index (χ4n) is 3.39. The van der Waals surface area contributed by atoms with Crippen LogP contribution >= 0.6 is 0 Å². The number of halogens is 1. The minimum Gasteiger partial charge on any atom is -0.482 e. The van der Waals surface area contributed by atoms with Crippen molar-refractivity contribution in [3.63, 3.8) is 0 Å². The van der Waals surface area contributed by atoms with Crippen LogP contribution < -0.4 is 10.5 Å². The number of carbonyl (C=O) groups is 1. The second kappa shape index (κ2) is 6.91. The molecule has 0 aliphatic carbocycles. The Morgan fingerprint density at radius 3 is 2.97 bits per heavy atom. The zero-order valence-corrected chi connectivity index (χ0v) is 15.7. The molecule has 1 aromatic carbocycles. The molecule has 0 unspecified atom stereocenters. The average Bonchev–Trinajstić information content (AvgIpc) is 3.10. The van der Waals surface area contributed by atoms with Gasteiger partial charge in [-0.3, -0.25) is 9.89 Å². The molecular weight excluding hydrogens is 375 g/mol. The zero-order chi connectivity index (χ0) is 20.7. The molecule has 4 rings (SSSR count). The lowest BCUT2D eigenvalue weighted by Gasteiger charge is -2.23. The summed E-state index contributed by atoms with van der Waals surface area (Å²) in [6.07, 6.45) is 0.847. The number of nitrogens with one attached hydrogen (secondary N) is 1. The maximum absolute atomic E-state index is 13.9. The summed E-state index contributed by atoms with van der Waals surface area (Å²) >= 11 is 0. The Hall–Kier alpha value is -3.93. The number of pyridine rings is 1. The summed E-state index contributed by atoms with van der Waals surface area (Å²) in [6, 6.07) is 7.66. The lowest BCUT2D eigenvalue weighted by atomic mass is 10.00. The van der Waals surface area contributed by atoms with Crippen LogP contribution in [0.4, 0.5) is 10.2 Å². The third-order valence-electron chi connectivity index (χ3n) is 4.84. The Bertz CT molecular complexity index is 1170. The maximum atomic E-state index is 13.9. The molecule has 0 saturated heterocycles. The number of aromatic nitrogens is 3. The summed E-state index contributed by atoms with van der Waals surface area (Å²) in [5.41, 5.74) is 8.50. The zero-order valence-electron chi connectivity index (χ0n) is 15.7. The number of anilines is 1. The van der Waals surface area contributed by atoms with E-state index in [-0.39, 0.29) is 29.7 Å². The van der Waals surface area contributed by atoms with Gasteiger partial charge in [0.2, 0.25) is 0 Å². The highest BCUT2D eigenvalue weighted by Gasteiger charge is 2.26. The molecule has 29 heavy (non-hydrogen) atoms. The molecule has 2 bridgehead atoms. The van der Waals surface area contributed by atoms with Gasteiger partial charge in [-0.05, 0) is 31.2 Å². The van der Waals surface area contributed by atoms with Gasteiger partial charge in [0.1, 0.15) is 23.7 Å². The number of benzene rings is 1. The third-order valence-corrected chi connectivity index (χ3v) is 4.84. The van der Waals surface area contributed by atoms with E-state index in [0.717, 1.165) is 0 Å². The lowest BCUT2D eigenvalue weighted by molar-refractivity contribution is 0.0778. The highest BCUT2D eigenvalue weighted by Crippen LogP contribution is 2.35. The standard InChI is InChI=1S/C20H17FN6O2/c1-10-14-6-12(21)3-4-13(14)20(28)27(2)9-16-18(15(7-22)25-26-16)11-5-17(29-10)19(23)24-8-11/h3-6,8,10H,9H2,1-2H3,(H2,23,24)(H,25,26)/t10-/m1/s1. The number of nitriles is 1. The predicted octanol–water partition coefficient (Wildman–Crippen LogP) is 2.79. The normalized spacial score (nSPS) is 16.0. The number of aromatic amines is 1. The van der Waals surface area contributed by atoms with E-state index in [4.69, 9.17) is 10.5 Å². The van der Waals surface area contributed by atoms with E-state index in [1.165, 1.54) is 29.3 Å². The number of nitrogens with zero attached hydrogens (tertiary/aromatic N) is 4. The first kappa shape index (κ1) is 18.4. The molecule has 0 spiro atoms. The molecule has 3 aromatic rings. The van der Waals surface area contributed by atoms with Gasteiger partial charge in [0.15, 0.2) is 11.6 Å². The molecule has 8 nitrogen and oxygen atoms in total. The monoisotopic (exact) mass is 392 g/mol. The fourth-order valence-corrected chi connectivity index (χ4v) is 3.39. The van der Waals surface area contributed by atoms with E-state index in [1.807, 2.05) is 0 Å². The molecule has 1 atom stereocenters. The second-order valence-electron chi connectivity index (χ2n) is 6.79. The quantitative estimate of drug-likeness (QED) is 0.607. The van der Waals surface area contributed by atoms with Crippen molar-refractivity contribution in [2.45, 2.75) is 19.6 Å². The van der Waals surface area contributed by atoms with E-state index in [2.05, 4.69) is 21.3 Å². The largest absolute Gasteiger partial charge is 0.482 e. The minimum atomic E-state index is -0.670. The molecule has 0 fully saturated rings. The number of amides is 1. The van der Waals surface area contributed by atoms with Gasteiger partial charge in [-0.2, -0.15) is 10.4 Å². The number of H-pyrrole nitrogens is 1. The highest BCUT2D eigenvalue weighted by molar-refractivity contribution is 5.95. The van der Waals surface area contributed by atoms with Gasteiger partial charge in [0.05, 0.1) is 12.2 Å². The molecule has 1 aliphatic rings. The first-order valence-corrected chi connectivity index (χ1v) is 8.83. The Morgan fingerprint density at radius 1 is 1.41 bits per heavy atom. The molecule has 2 aromatic heterocycles. The van der Waals surface area contributed by atoms with Gasteiger partial charge in [-0.15, -0.1) is 0 Å². The first-order valence-electron chi connectivity index (χ1n) is 8.83. The molecule has 0 saturated carbocycles. The van der Waals surface area contributed by atoms with Crippen molar-refractivity contribution in [1.29, 1.82) is 5.26 Å². The van der Waals surface area contributed by atoms with Crippen molar-refractivity contribution in [3.05, 3.63) is 58.8 Å². The molecule has 3 N–H and O–H groups in total. The number of ether oxygens (including phenoxy) is 1. The van der Waals surface area contributed by atoms with Crippen LogP contribution in [0.2, 0.25) is 0 Å². The third kappa shape index (κ3) is 3.14. The number of hydrogen-bond donors (Lipinski definition) is 2. The van der Waals surface area contributed by atoms with Gasteiger partial charge in [0.25, 0.3) is 5.91 Å². The van der Waals surface area contributed by atoms with Gasteiger partial charge in [-0.25, -0.2) is 9.37 Å². The number of hydrogen-bond acceptors (Lipinski definition) is 6. The predicted molar refractivity (Wildman–Crippen MR) is 102 cm³/mol. The van der Waals surface area contributed by atoms with Crippen LogP contribution in [0.1, 0.15) is 40.3 Å². The molecule has 9 heteroatoms. The van der Waals surface area contributed by atoms with Crippen molar-refractivity contribution in [1.82, 2.24) is 20.1 Å². The minimum absolute atomic E-state index is 0.137. The van der Waals surface area contributed by atoms with Gasteiger partial charge < -0.3 is 15.4 Å². The summed E-state index contributed by atoms with van der Waals surface area (Å²) in [7, 11) is 1.62. The Balaban J connectivity index is 1.96. The summed E-state index contributed by atoms with van der Waals surface area (Å²) in [5.74, 6) is -0.390. The summed E-state index contributed by atoms with van der Waals surface area (Å²) in [4.78, 5) is 18.7. The van der Waals surface area contributed by atoms with Crippen LogP contribution in [-0.2, 0) is 6.54 Å². The van der Waals surface area contributed by atoms with Crippen LogP contribution in [0, 0.1) is 17.1 Å². The Kier molecular flexibility index (Phi) is 4.39. The second-order valence-corrected chi connectivity index (χ2v) is 6.79. The van der Waals surface area contributed by atoms with Crippen molar-refractivity contribution in [2.24, 2.45) is 0 Å². The molecule has 146 valence electrons. The van der Waals surface area contributed by atoms with Crippen LogP contribution in [0.25, 0.3) is 11.1 Å². The number of nitrogens with two attached hydrogens (primary N) is 1. The maximum Gasteiger partial charge on any atom is 0.254 e. The number of carbonyl (C=O) groups excluding carboxylic acids is 1. The van der Waals surface area contributed by atoms with E-state index in [0.29, 0.717) is 27.9 Å². The summed E-state index contributed by atoms with van der Waals surface area (Å²) in [6.45, 7) is 1.84. The topological polar surface area (TPSA) is 121 Å². The van der Waals surface area contributed by atoms with Gasteiger partial charge in [0, 0.05) is 35.5 Å². The van der Waals surface area contributed by atoms with Crippen LogP contribution in [0.5, 0.6) is 5.75 Å². The molecule has 0 radical (unpaired) electrons. The number of fused-ring (bicyclic) bond motifs is 5. The van der Waals surface area contributed by atoms with Crippen molar-refractivity contribution < 1.29 is 13.9 Å². The van der Waals surface area contributed by atoms with E-state index in [9.17, 15) is 14.4 Å². The molecule has 3 heterocycles. The van der Waals surface area contributed by atoms with Crippen molar-refractivity contribution >= 4 is 11.7 Å². The van der Waals surface area contributed by atoms with Crippen molar-refractivity contribution in [3.8, 4) is 22.9 Å². The van der Waals surface area contributed by atoms with Crippen LogP contribution in [0.15, 0.2) is 30.5 Å². The fraction of sp³-hybridized carbons (Fsp3) is 0.200. The van der Waals surface area contributed by atoms with Gasteiger partial charge in [-0.1, -0.05) is 0 Å². The SMILES string of the molecule is C[C@H]1Oc2cc(cnc2N)-c2c(n[nH]c2C#N)CN(C)C(=O)c2ccc(F)cc21. The average molecular weight is 392 g/mol. The Morgan fingerprint density at radius 2 is 2.21 bits per heavy atom. The number of nitrogen functional groups attached to an aromatic ring is 1. The highest BCUT2D eigenvalue weighted by atomic mass is 19.1. The van der Waals surface area contributed by atoms with Crippen LogP contribution in [-0.4, -0.2) is 33.0 Å². The number of rotatable bonds is 0. The first-order chi connectivity index (χ1) is 13.9. The van der Waals surface area contributed by atoms with E-state index in [1.54, 1.807) is 20.0 Å².